The Morgan fingerprint density at radius 2 is 1.90 bits per heavy atom. The van der Waals surface area contributed by atoms with Crippen molar-refractivity contribution in [2.24, 2.45) is 0 Å². The Kier molecular flexibility index (Phi) is 4.35. The maximum atomic E-state index is 11.6. The van der Waals surface area contributed by atoms with Crippen LogP contribution >= 0.6 is 0 Å². The van der Waals surface area contributed by atoms with Gasteiger partial charge in [0.25, 0.3) is 5.56 Å². The topological polar surface area (TPSA) is 55.0 Å². The largest absolute Gasteiger partial charge is 0.497 e. The van der Waals surface area contributed by atoms with Gasteiger partial charge in [-0.25, -0.2) is 4.98 Å². The molecule has 0 radical (unpaired) electrons. The average Bonchev–Trinajstić information content (AvgIpc) is 2.45. The van der Waals surface area contributed by atoms with E-state index in [0.29, 0.717) is 11.5 Å². The zero-order chi connectivity index (χ0) is 14.5. The molecule has 1 aromatic heterocycles. The zero-order valence-electron chi connectivity index (χ0n) is 11.9. The minimum atomic E-state index is -0.127. The molecule has 0 atom stereocenters. The predicted octanol–water partition coefficient (Wildman–Crippen LogP) is 3.07. The number of benzene rings is 1. The Morgan fingerprint density at radius 3 is 2.50 bits per heavy atom. The van der Waals surface area contributed by atoms with Crippen LogP contribution in [-0.4, -0.2) is 17.1 Å². The van der Waals surface area contributed by atoms with E-state index < -0.39 is 0 Å². The van der Waals surface area contributed by atoms with E-state index in [4.69, 9.17) is 4.74 Å². The lowest BCUT2D eigenvalue weighted by Gasteiger charge is -2.04. The fourth-order valence-electron chi connectivity index (χ4n) is 1.75. The van der Waals surface area contributed by atoms with Gasteiger partial charge < -0.3 is 9.72 Å². The van der Waals surface area contributed by atoms with Gasteiger partial charge in [0, 0.05) is 12.0 Å². The van der Waals surface area contributed by atoms with E-state index in [1.54, 1.807) is 7.11 Å². The molecular weight excluding hydrogens is 252 g/mol. The van der Waals surface area contributed by atoms with Crippen molar-refractivity contribution in [3.63, 3.8) is 0 Å². The summed E-state index contributed by atoms with van der Waals surface area (Å²) in [5, 5.41) is 0. The third-order valence-corrected chi connectivity index (χ3v) is 2.89. The number of nitrogens with one attached hydrogen (secondary N) is 1. The van der Waals surface area contributed by atoms with E-state index in [0.717, 1.165) is 11.3 Å². The highest BCUT2D eigenvalue weighted by molar-refractivity contribution is 5.68. The SMILES string of the molecule is COc1ccc(/C=C/c2cc(=O)[nH]c(C(C)C)n2)cc1. The minimum Gasteiger partial charge on any atom is -0.497 e. The first-order valence-corrected chi connectivity index (χ1v) is 6.52. The van der Waals surface area contributed by atoms with Crippen molar-refractivity contribution in [3.8, 4) is 5.75 Å². The summed E-state index contributed by atoms with van der Waals surface area (Å²) in [6.07, 6.45) is 3.76. The maximum Gasteiger partial charge on any atom is 0.251 e. The molecule has 0 aliphatic carbocycles. The van der Waals surface area contributed by atoms with Crippen molar-refractivity contribution < 1.29 is 4.74 Å². The molecule has 0 fully saturated rings. The van der Waals surface area contributed by atoms with Crippen LogP contribution in [0, 0.1) is 0 Å². The summed E-state index contributed by atoms with van der Waals surface area (Å²) in [7, 11) is 1.64. The van der Waals surface area contributed by atoms with Crippen LogP contribution < -0.4 is 10.3 Å². The van der Waals surface area contributed by atoms with E-state index in [1.807, 2.05) is 50.3 Å². The zero-order valence-corrected chi connectivity index (χ0v) is 11.9. The van der Waals surface area contributed by atoms with Gasteiger partial charge in [-0.15, -0.1) is 0 Å². The van der Waals surface area contributed by atoms with Gasteiger partial charge in [0.15, 0.2) is 0 Å². The van der Waals surface area contributed by atoms with Crippen molar-refractivity contribution >= 4 is 12.2 Å². The molecule has 2 aromatic rings. The van der Waals surface area contributed by atoms with E-state index in [9.17, 15) is 4.79 Å². The molecule has 0 saturated carbocycles. The number of aromatic amines is 1. The van der Waals surface area contributed by atoms with Crippen molar-refractivity contribution in [3.05, 3.63) is 57.8 Å². The smallest absolute Gasteiger partial charge is 0.251 e. The Labute approximate surface area is 118 Å². The fraction of sp³-hybridized carbons (Fsp3) is 0.250. The normalized spacial score (nSPS) is 11.2. The van der Waals surface area contributed by atoms with Crippen LogP contribution in [0.15, 0.2) is 35.1 Å². The van der Waals surface area contributed by atoms with Gasteiger partial charge in [-0.2, -0.15) is 0 Å². The summed E-state index contributed by atoms with van der Waals surface area (Å²) < 4.78 is 5.11. The maximum absolute atomic E-state index is 11.6. The van der Waals surface area contributed by atoms with Gasteiger partial charge in [-0.05, 0) is 23.8 Å². The number of hydrogen-bond acceptors (Lipinski definition) is 3. The first kappa shape index (κ1) is 14.1. The first-order chi connectivity index (χ1) is 9.58. The molecule has 0 aliphatic rings. The molecule has 2 rings (SSSR count). The molecule has 1 heterocycles. The lowest BCUT2D eigenvalue weighted by Crippen LogP contribution is -2.12. The van der Waals surface area contributed by atoms with Crippen LogP contribution in [0.3, 0.4) is 0 Å². The molecular formula is C16H18N2O2. The van der Waals surface area contributed by atoms with Crippen molar-refractivity contribution in [2.45, 2.75) is 19.8 Å². The Bertz CT molecular complexity index is 655. The molecule has 0 saturated heterocycles. The van der Waals surface area contributed by atoms with Gasteiger partial charge >= 0.3 is 0 Å². The summed E-state index contributed by atoms with van der Waals surface area (Å²) in [6, 6.07) is 9.18. The summed E-state index contributed by atoms with van der Waals surface area (Å²) in [4.78, 5) is 18.7. The minimum absolute atomic E-state index is 0.127. The standard InChI is InChI=1S/C16H18N2O2/c1-11(2)16-17-13(10-15(19)18-16)7-4-12-5-8-14(20-3)9-6-12/h4-11H,1-3H3,(H,17,18,19)/b7-4+. The summed E-state index contributed by atoms with van der Waals surface area (Å²) in [5.74, 6) is 1.71. The highest BCUT2D eigenvalue weighted by atomic mass is 16.5. The Balaban J connectivity index is 2.24. The van der Waals surface area contributed by atoms with Gasteiger partial charge in [0.2, 0.25) is 0 Å². The molecule has 0 amide bonds. The number of nitrogens with zero attached hydrogens (tertiary/aromatic N) is 1. The number of rotatable bonds is 4. The van der Waals surface area contributed by atoms with Gasteiger partial charge in [-0.1, -0.05) is 32.1 Å². The quantitative estimate of drug-likeness (QED) is 0.929. The van der Waals surface area contributed by atoms with Crippen molar-refractivity contribution in [2.75, 3.05) is 7.11 Å². The second-order valence-corrected chi connectivity index (χ2v) is 4.82. The van der Waals surface area contributed by atoms with Crippen molar-refractivity contribution in [1.29, 1.82) is 0 Å². The van der Waals surface area contributed by atoms with E-state index in [-0.39, 0.29) is 11.5 Å². The molecule has 1 aromatic carbocycles. The summed E-state index contributed by atoms with van der Waals surface area (Å²) in [5.41, 5.74) is 1.56. The van der Waals surface area contributed by atoms with Crippen LogP contribution in [0.5, 0.6) is 5.75 Å². The van der Waals surface area contributed by atoms with Crippen LogP contribution in [0.4, 0.5) is 0 Å². The molecule has 0 aliphatic heterocycles. The number of methoxy groups -OCH3 is 1. The highest BCUT2D eigenvalue weighted by Crippen LogP contribution is 2.13. The van der Waals surface area contributed by atoms with Gasteiger partial charge in [0.1, 0.15) is 11.6 Å². The first-order valence-electron chi connectivity index (χ1n) is 6.52. The summed E-state index contributed by atoms with van der Waals surface area (Å²) >= 11 is 0. The monoisotopic (exact) mass is 270 g/mol. The highest BCUT2D eigenvalue weighted by Gasteiger charge is 2.03. The second kappa shape index (κ2) is 6.19. The molecule has 0 spiro atoms. The van der Waals surface area contributed by atoms with Crippen LogP contribution in [0.1, 0.15) is 36.8 Å². The number of aromatic nitrogens is 2. The molecule has 4 heteroatoms. The Hall–Kier alpha value is -2.36. The number of H-pyrrole nitrogens is 1. The second-order valence-electron chi connectivity index (χ2n) is 4.82. The number of hydrogen-bond donors (Lipinski definition) is 1. The lowest BCUT2D eigenvalue weighted by atomic mass is 10.2. The van der Waals surface area contributed by atoms with Crippen LogP contribution in [0.25, 0.3) is 12.2 Å². The summed E-state index contributed by atoms with van der Waals surface area (Å²) in [6.45, 7) is 3.99. The van der Waals surface area contributed by atoms with Crippen LogP contribution in [-0.2, 0) is 0 Å². The molecule has 0 unspecified atom stereocenters. The van der Waals surface area contributed by atoms with E-state index >= 15 is 0 Å². The molecule has 104 valence electrons. The van der Waals surface area contributed by atoms with E-state index in [2.05, 4.69) is 9.97 Å². The third-order valence-electron chi connectivity index (χ3n) is 2.89. The fourth-order valence-corrected chi connectivity index (χ4v) is 1.75. The van der Waals surface area contributed by atoms with Crippen molar-refractivity contribution in [1.82, 2.24) is 9.97 Å². The van der Waals surface area contributed by atoms with Crippen LogP contribution in [0.2, 0.25) is 0 Å². The molecule has 4 nitrogen and oxygen atoms in total. The average molecular weight is 270 g/mol. The number of ether oxygens (including phenoxy) is 1. The molecule has 0 bridgehead atoms. The molecule has 20 heavy (non-hydrogen) atoms. The lowest BCUT2D eigenvalue weighted by molar-refractivity contribution is 0.415. The van der Waals surface area contributed by atoms with E-state index in [1.165, 1.54) is 6.07 Å². The van der Waals surface area contributed by atoms with Gasteiger partial charge in [0.05, 0.1) is 12.8 Å². The molecule has 1 N–H and O–H groups in total. The predicted molar refractivity (Wildman–Crippen MR) is 80.9 cm³/mol. The third kappa shape index (κ3) is 3.57. The van der Waals surface area contributed by atoms with Gasteiger partial charge in [-0.3, -0.25) is 4.79 Å². The Morgan fingerprint density at radius 1 is 1.20 bits per heavy atom.